The summed E-state index contributed by atoms with van der Waals surface area (Å²) in [5.74, 6) is 0.789. The van der Waals surface area contributed by atoms with Gasteiger partial charge in [0.1, 0.15) is 0 Å². The van der Waals surface area contributed by atoms with E-state index < -0.39 is 6.51 Å². The van der Waals surface area contributed by atoms with Gasteiger partial charge in [0.2, 0.25) is 0 Å². The fourth-order valence-corrected chi connectivity index (χ4v) is 92.2. The SMILES string of the molecule is O=c1cc([C]23[CH]4[CH]5[CH]6[CH]2[Fe]56432789[CH]3[CH]2[CH]7[CH]8[CH]39)oc2cc(O)cc(O)c12. The van der Waals surface area contributed by atoms with Crippen LogP contribution in [-0.2, 0) is 10.8 Å². The molecular formula is C19H14FeO4. The molecule has 0 aliphatic carbocycles. The fraction of sp³-hybridized carbons (Fsp3) is 0.526. The topological polar surface area (TPSA) is 70.7 Å². The van der Waals surface area contributed by atoms with Crippen LogP contribution >= 0.6 is 0 Å². The first-order valence-corrected chi connectivity index (χ1v) is 15.3. The number of phenols is 2. The van der Waals surface area contributed by atoms with Crippen LogP contribution in [0.15, 0.2) is 27.4 Å². The van der Waals surface area contributed by atoms with E-state index in [1.165, 1.54) is 45.8 Å². The summed E-state index contributed by atoms with van der Waals surface area (Å²) in [5.41, 5.74) is 0.255. The summed E-state index contributed by atoms with van der Waals surface area (Å²) >= 11 is 0. The summed E-state index contributed by atoms with van der Waals surface area (Å²) in [6, 6.07) is 4.48. The summed E-state index contributed by atoms with van der Waals surface area (Å²) in [4.78, 5) is 23.1. The van der Waals surface area contributed by atoms with Crippen LogP contribution in [0.4, 0.5) is 0 Å². The maximum absolute atomic E-state index is 12.8. The van der Waals surface area contributed by atoms with E-state index in [4.69, 9.17) is 4.42 Å². The second-order valence-corrected chi connectivity index (χ2v) is 36.1. The van der Waals surface area contributed by atoms with E-state index in [-0.39, 0.29) is 22.3 Å². The molecular weight excluding hydrogens is 348 g/mol. The molecule has 1 spiro atoms. The molecule has 1 aromatic carbocycles. The Hall–Kier alpha value is -1.45. The number of hydrogen-bond donors (Lipinski definition) is 2. The molecule has 10 aliphatic rings. The molecule has 2 N–H and O–H groups in total. The molecule has 0 radical (unpaired) electrons. The maximum atomic E-state index is 12.8. The molecule has 1 aromatic heterocycles. The Morgan fingerprint density at radius 1 is 0.917 bits per heavy atom. The molecule has 4 unspecified atom stereocenters. The van der Waals surface area contributed by atoms with Gasteiger partial charge in [-0.3, -0.25) is 0 Å². The van der Waals surface area contributed by atoms with Gasteiger partial charge >= 0.3 is 125 Å². The average molecular weight is 362 g/mol. The number of hydrogen-bond acceptors (Lipinski definition) is 4. The van der Waals surface area contributed by atoms with Gasteiger partial charge in [-0.2, -0.15) is 0 Å². The van der Waals surface area contributed by atoms with Crippen molar-refractivity contribution in [2.24, 2.45) is 0 Å². The van der Waals surface area contributed by atoms with Crippen LogP contribution in [-0.4, -0.2) is 10.2 Å². The Kier molecular flexibility index (Phi) is 0.363. The van der Waals surface area contributed by atoms with Crippen LogP contribution in [0, 0.1) is 0 Å². The van der Waals surface area contributed by atoms with Crippen molar-refractivity contribution in [3.8, 4) is 11.5 Å². The number of aromatic hydroxyl groups is 2. The van der Waals surface area contributed by atoms with Gasteiger partial charge in [0.05, 0.1) is 0 Å². The van der Waals surface area contributed by atoms with E-state index in [1.807, 2.05) is 0 Å². The van der Waals surface area contributed by atoms with Crippen molar-refractivity contribution in [3.63, 3.8) is 0 Å². The summed E-state index contributed by atoms with van der Waals surface area (Å²) < 4.78 is 6.73. The van der Waals surface area contributed by atoms with Gasteiger partial charge in [0, 0.05) is 0 Å². The van der Waals surface area contributed by atoms with Crippen LogP contribution in [0.25, 0.3) is 11.0 Å². The zero-order valence-corrected chi connectivity index (χ0v) is 13.6. The standard InChI is InChI=1S/C14H9O4.C5H5.Fe/c15-9-5-10(16)14-11(17)7-12(18-13(14)6-9)8-3-1-2-4-8;1-2-4-5-3-1;/h1-7,15-16H;1-5H;. The third-order valence-electron chi connectivity index (χ3n) is 16.8. The molecule has 122 valence electrons. The monoisotopic (exact) mass is 362 g/mol. The zero-order valence-electron chi connectivity index (χ0n) is 12.5. The van der Waals surface area contributed by atoms with Crippen LogP contribution in [0.3, 0.4) is 0 Å². The van der Waals surface area contributed by atoms with Gasteiger partial charge in [0.25, 0.3) is 0 Å². The molecule has 10 aliphatic heterocycles. The first-order chi connectivity index (χ1) is 11.3. The van der Waals surface area contributed by atoms with E-state index in [2.05, 4.69) is 0 Å². The predicted molar refractivity (Wildman–Crippen MR) is 81.2 cm³/mol. The third kappa shape index (κ3) is 0.130. The van der Waals surface area contributed by atoms with Crippen molar-refractivity contribution in [1.29, 1.82) is 0 Å². The Morgan fingerprint density at radius 3 is 2.04 bits per heavy atom. The second-order valence-electron chi connectivity index (χ2n) is 12.5. The van der Waals surface area contributed by atoms with Gasteiger partial charge in [0.15, 0.2) is 0 Å². The molecule has 10 saturated heterocycles. The van der Waals surface area contributed by atoms with Crippen LogP contribution in [0.2, 0.25) is 43.3 Å². The van der Waals surface area contributed by atoms with Gasteiger partial charge in [-0.15, -0.1) is 0 Å². The Balaban J connectivity index is 1.35. The summed E-state index contributed by atoms with van der Waals surface area (Å²) in [6.45, 7) is -3.36. The van der Waals surface area contributed by atoms with E-state index in [0.717, 1.165) is 15.4 Å². The molecule has 4 atom stereocenters. The number of rotatable bonds is 1. The van der Waals surface area contributed by atoms with Crippen LogP contribution in [0.5, 0.6) is 11.5 Å². The van der Waals surface area contributed by atoms with Crippen molar-refractivity contribution < 1.29 is 21.1 Å². The van der Waals surface area contributed by atoms with Gasteiger partial charge in [-0.05, 0) is 0 Å². The fourth-order valence-electron chi connectivity index (χ4n) is 18.3. The van der Waals surface area contributed by atoms with E-state index in [1.54, 1.807) is 6.07 Å². The molecule has 5 heteroatoms. The number of phenolic OH excluding ortho intramolecular Hbond substituents is 2. The third-order valence-corrected chi connectivity index (χ3v) is 59.2. The Bertz CT molecular complexity index is 1560. The average Bonchev–Trinajstić information content (AvgIpc) is 3.46. The van der Waals surface area contributed by atoms with Crippen molar-refractivity contribution in [2.45, 2.75) is 47.7 Å². The van der Waals surface area contributed by atoms with Crippen LogP contribution < -0.4 is 5.43 Å². The number of benzene rings is 1. The van der Waals surface area contributed by atoms with Crippen molar-refractivity contribution in [1.82, 2.24) is 0 Å². The van der Waals surface area contributed by atoms with Crippen LogP contribution in [0.1, 0.15) is 5.76 Å². The molecule has 0 saturated carbocycles. The molecule has 11 heterocycles. The molecule has 2 aromatic rings. The Morgan fingerprint density at radius 2 is 1.54 bits per heavy atom. The van der Waals surface area contributed by atoms with Crippen molar-refractivity contribution in [3.05, 3.63) is 34.2 Å². The minimum atomic E-state index is -3.36. The molecule has 0 bridgehead atoms. The van der Waals surface area contributed by atoms with E-state index in [9.17, 15) is 15.0 Å². The summed E-state index contributed by atoms with van der Waals surface area (Å²) in [5, 5.41) is 20.1. The minimum absolute atomic E-state index is 0.0366. The van der Waals surface area contributed by atoms with Gasteiger partial charge in [-0.25, -0.2) is 0 Å². The quantitative estimate of drug-likeness (QED) is 0.753. The molecule has 24 heavy (non-hydrogen) atoms. The zero-order chi connectivity index (χ0) is 15.3. The Labute approximate surface area is 125 Å². The van der Waals surface area contributed by atoms with Gasteiger partial charge < -0.3 is 0 Å². The normalized spacial score (nSPS) is 87.9. The van der Waals surface area contributed by atoms with Crippen molar-refractivity contribution in [2.75, 3.05) is 0 Å². The predicted octanol–water partition coefficient (Wildman–Crippen LogP) is 4.00. The van der Waals surface area contributed by atoms with Gasteiger partial charge in [-0.1, -0.05) is 0 Å². The van der Waals surface area contributed by atoms with E-state index >= 15 is 0 Å². The second kappa shape index (κ2) is 0.937. The number of fused-ring (bicyclic) bond motifs is 11. The molecule has 0 amide bonds. The summed E-state index contributed by atoms with van der Waals surface area (Å²) in [6.07, 6.45) is 0. The molecule has 4 nitrogen and oxygen atoms in total. The molecule has 10 fully saturated rings. The first kappa shape index (κ1) is 9.30. The van der Waals surface area contributed by atoms with Crippen molar-refractivity contribution >= 4 is 11.0 Å². The molecule has 12 rings (SSSR count). The van der Waals surface area contributed by atoms with E-state index in [0.29, 0.717) is 9.90 Å². The summed E-state index contributed by atoms with van der Waals surface area (Å²) in [7, 11) is 0. The first-order valence-electron chi connectivity index (χ1n) is 9.05.